The van der Waals surface area contributed by atoms with Gasteiger partial charge in [0.05, 0.1) is 4.88 Å². The van der Waals surface area contributed by atoms with E-state index in [9.17, 15) is 18.0 Å². The molecule has 134 valence electrons. The van der Waals surface area contributed by atoms with E-state index in [1.165, 1.54) is 27.0 Å². The van der Waals surface area contributed by atoms with Crippen LogP contribution < -0.4 is 10.9 Å². The van der Waals surface area contributed by atoms with Crippen LogP contribution in [-0.4, -0.2) is 37.6 Å². The highest BCUT2D eigenvalue weighted by Crippen LogP contribution is 2.26. The Morgan fingerprint density at radius 2 is 1.72 bits per heavy atom. The zero-order valence-corrected chi connectivity index (χ0v) is 15.6. The van der Waals surface area contributed by atoms with E-state index in [4.69, 9.17) is 0 Å². The SMILES string of the molecule is O=C(NNC(=O)C1CCN(S(=O)(=O)c2cccs2)CC1)c1cccs1. The Kier molecular flexibility index (Phi) is 5.52. The predicted molar refractivity (Wildman–Crippen MR) is 95.7 cm³/mol. The predicted octanol–water partition coefficient (Wildman–Crippen LogP) is 1.67. The molecule has 1 saturated heterocycles. The summed E-state index contributed by atoms with van der Waals surface area (Å²) in [6.07, 6.45) is 0.844. The quantitative estimate of drug-likeness (QED) is 0.765. The number of hydrogen-bond acceptors (Lipinski definition) is 6. The average molecular weight is 400 g/mol. The normalized spacial score (nSPS) is 16.5. The molecule has 0 radical (unpaired) electrons. The molecule has 0 atom stereocenters. The zero-order valence-electron chi connectivity index (χ0n) is 13.2. The van der Waals surface area contributed by atoms with Gasteiger partial charge in [0.15, 0.2) is 0 Å². The molecule has 1 fully saturated rings. The lowest BCUT2D eigenvalue weighted by Crippen LogP contribution is -2.48. The highest BCUT2D eigenvalue weighted by molar-refractivity contribution is 7.91. The minimum atomic E-state index is -3.47. The van der Waals surface area contributed by atoms with Crippen LogP contribution in [0.25, 0.3) is 0 Å². The largest absolute Gasteiger partial charge is 0.279 e. The Balaban J connectivity index is 1.50. The number of hydrazine groups is 1. The van der Waals surface area contributed by atoms with Crippen LogP contribution in [0, 0.1) is 5.92 Å². The third-order valence-electron chi connectivity index (χ3n) is 3.96. The Hall–Kier alpha value is -1.75. The summed E-state index contributed by atoms with van der Waals surface area (Å²) in [5.41, 5.74) is 4.81. The highest BCUT2D eigenvalue weighted by Gasteiger charge is 2.32. The van der Waals surface area contributed by atoms with E-state index in [0.717, 1.165) is 0 Å². The van der Waals surface area contributed by atoms with Crippen LogP contribution in [0.1, 0.15) is 22.5 Å². The maximum absolute atomic E-state index is 12.5. The summed E-state index contributed by atoms with van der Waals surface area (Å²) in [4.78, 5) is 24.5. The summed E-state index contributed by atoms with van der Waals surface area (Å²) in [5.74, 6) is -0.974. The Bertz CT molecular complexity index is 824. The fraction of sp³-hybridized carbons (Fsp3) is 0.333. The average Bonchev–Trinajstić information content (AvgIpc) is 3.33. The molecule has 0 saturated carbocycles. The van der Waals surface area contributed by atoms with Crippen molar-refractivity contribution < 1.29 is 18.0 Å². The third-order valence-corrected chi connectivity index (χ3v) is 8.10. The van der Waals surface area contributed by atoms with Gasteiger partial charge in [-0.2, -0.15) is 4.31 Å². The first kappa shape index (κ1) is 18.1. The van der Waals surface area contributed by atoms with Crippen molar-refractivity contribution in [3.05, 3.63) is 39.9 Å². The van der Waals surface area contributed by atoms with Gasteiger partial charge in [-0.1, -0.05) is 12.1 Å². The number of carbonyl (C=O) groups is 2. The van der Waals surface area contributed by atoms with Crippen molar-refractivity contribution in [3.63, 3.8) is 0 Å². The van der Waals surface area contributed by atoms with Gasteiger partial charge in [0.2, 0.25) is 5.91 Å². The number of rotatable bonds is 4. The van der Waals surface area contributed by atoms with E-state index in [0.29, 0.717) is 21.9 Å². The second-order valence-corrected chi connectivity index (χ2v) is 9.59. The lowest BCUT2D eigenvalue weighted by molar-refractivity contribution is -0.126. The summed E-state index contributed by atoms with van der Waals surface area (Å²) in [5, 5.41) is 3.50. The molecule has 25 heavy (non-hydrogen) atoms. The summed E-state index contributed by atoms with van der Waals surface area (Å²) in [6.45, 7) is 0.578. The molecule has 7 nitrogen and oxygen atoms in total. The lowest BCUT2D eigenvalue weighted by atomic mass is 9.98. The summed E-state index contributed by atoms with van der Waals surface area (Å²) in [6, 6.07) is 6.71. The summed E-state index contributed by atoms with van der Waals surface area (Å²) in [7, 11) is -3.47. The van der Waals surface area contributed by atoms with Crippen molar-refractivity contribution in [2.75, 3.05) is 13.1 Å². The van der Waals surface area contributed by atoms with E-state index in [-0.39, 0.29) is 30.8 Å². The van der Waals surface area contributed by atoms with Crippen molar-refractivity contribution in [1.82, 2.24) is 15.2 Å². The molecule has 1 aliphatic rings. The van der Waals surface area contributed by atoms with Gasteiger partial charge in [-0.15, -0.1) is 22.7 Å². The molecule has 2 aromatic heterocycles. The first-order chi connectivity index (χ1) is 12.0. The fourth-order valence-corrected chi connectivity index (χ4v) is 5.82. The van der Waals surface area contributed by atoms with Gasteiger partial charge in [-0.25, -0.2) is 8.42 Å². The van der Waals surface area contributed by atoms with Crippen molar-refractivity contribution in [2.45, 2.75) is 17.1 Å². The molecule has 2 N–H and O–H groups in total. The minimum absolute atomic E-state index is 0.289. The van der Waals surface area contributed by atoms with Gasteiger partial charge < -0.3 is 0 Å². The van der Waals surface area contributed by atoms with Gasteiger partial charge in [0.1, 0.15) is 4.21 Å². The molecule has 0 unspecified atom stereocenters. The molecule has 3 rings (SSSR count). The molecular formula is C15H17N3O4S3. The molecule has 1 aliphatic heterocycles. The molecule has 3 heterocycles. The Labute approximate surface area is 153 Å². The van der Waals surface area contributed by atoms with E-state index >= 15 is 0 Å². The van der Waals surface area contributed by atoms with Gasteiger partial charge >= 0.3 is 0 Å². The van der Waals surface area contributed by atoms with E-state index in [1.807, 2.05) is 0 Å². The fourth-order valence-electron chi connectivity index (χ4n) is 2.59. The monoisotopic (exact) mass is 399 g/mol. The van der Waals surface area contributed by atoms with E-state index in [2.05, 4.69) is 10.9 Å². The molecule has 2 aromatic rings. The van der Waals surface area contributed by atoms with Crippen molar-refractivity contribution in [1.29, 1.82) is 0 Å². The molecule has 2 amide bonds. The number of amides is 2. The molecule has 0 aromatic carbocycles. The van der Waals surface area contributed by atoms with Crippen molar-refractivity contribution in [2.24, 2.45) is 5.92 Å². The van der Waals surface area contributed by atoms with Gasteiger partial charge in [-0.3, -0.25) is 20.4 Å². The maximum Gasteiger partial charge on any atom is 0.279 e. The number of sulfonamides is 1. The highest BCUT2D eigenvalue weighted by atomic mass is 32.2. The second kappa shape index (κ2) is 7.65. The molecule has 10 heteroatoms. The van der Waals surface area contributed by atoms with Crippen LogP contribution in [0.2, 0.25) is 0 Å². The second-order valence-electron chi connectivity index (χ2n) is 5.53. The maximum atomic E-state index is 12.5. The third kappa shape index (κ3) is 4.09. The van der Waals surface area contributed by atoms with E-state index in [1.54, 1.807) is 35.0 Å². The van der Waals surface area contributed by atoms with Gasteiger partial charge in [-0.05, 0) is 35.7 Å². The van der Waals surface area contributed by atoms with Crippen LogP contribution in [0.3, 0.4) is 0 Å². The number of nitrogens with zero attached hydrogens (tertiary/aromatic N) is 1. The molecule has 0 bridgehead atoms. The Morgan fingerprint density at radius 3 is 2.32 bits per heavy atom. The number of thiophene rings is 2. The van der Waals surface area contributed by atoms with Crippen LogP contribution in [0.15, 0.2) is 39.2 Å². The summed E-state index contributed by atoms with van der Waals surface area (Å²) < 4.78 is 26.6. The Morgan fingerprint density at radius 1 is 1.04 bits per heavy atom. The first-order valence-corrected chi connectivity index (χ1v) is 10.9. The number of nitrogens with one attached hydrogen (secondary N) is 2. The number of piperidine rings is 1. The topological polar surface area (TPSA) is 95.6 Å². The smallest absolute Gasteiger partial charge is 0.273 e. The number of carbonyl (C=O) groups excluding carboxylic acids is 2. The van der Waals surface area contributed by atoms with E-state index < -0.39 is 10.0 Å². The van der Waals surface area contributed by atoms with Crippen LogP contribution in [0.4, 0.5) is 0 Å². The summed E-state index contributed by atoms with van der Waals surface area (Å²) >= 11 is 2.47. The molecular weight excluding hydrogens is 382 g/mol. The van der Waals surface area contributed by atoms with Crippen molar-refractivity contribution >= 4 is 44.5 Å². The van der Waals surface area contributed by atoms with Gasteiger partial charge in [0, 0.05) is 19.0 Å². The van der Waals surface area contributed by atoms with Crippen LogP contribution in [-0.2, 0) is 14.8 Å². The number of hydrogen-bond donors (Lipinski definition) is 2. The van der Waals surface area contributed by atoms with Crippen molar-refractivity contribution in [3.8, 4) is 0 Å². The zero-order chi connectivity index (χ0) is 17.9. The standard InChI is InChI=1S/C15H17N3O4S3/c19-14(16-17-15(20)12-3-1-9-23-12)11-5-7-18(8-6-11)25(21,22)13-4-2-10-24-13/h1-4,9-11H,5-8H2,(H,16,19)(H,17,20). The van der Waals surface area contributed by atoms with Crippen LogP contribution in [0.5, 0.6) is 0 Å². The molecule has 0 aliphatic carbocycles. The lowest BCUT2D eigenvalue weighted by Gasteiger charge is -2.30. The first-order valence-electron chi connectivity index (χ1n) is 7.66. The van der Waals surface area contributed by atoms with Gasteiger partial charge in [0.25, 0.3) is 15.9 Å². The van der Waals surface area contributed by atoms with Crippen LogP contribution >= 0.6 is 22.7 Å². The molecule has 0 spiro atoms. The minimum Gasteiger partial charge on any atom is -0.273 e.